The Morgan fingerprint density at radius 2 is 1.82 bits per heavy atom. The number of benzene rings is 1. The molecule has 57 heavy (non-hydrogen) atoms. The molecule has 312 valence electrons. The van der Waals surface area contributed by atoms with Gasteiger partial charge in [0.25, 0.3) is 5.91 Å². The molecule has 1 aromatic carbocycles. The van der Waals surface area contributed by atoms with E-state index in [-0.39, 0.29) is 48.3 Å². The van der Waals surface area contributed by atoms with Gasteiger partial charge in [0.15, 0.2) is 0 Å². The first-order valence-electron chi connectivity index (χ1n) is 19.0. The predicted octanol–water partition coefficient (Wildman–Crippen LogP) is 4.56. The normalized spacial score (nSPS) is 29.2. The lowest BCUT2D eigenvalue weighted by molar-refractivity contribution is -0.222. The Morgan fingerprint density at radius 3 is 2.46 bits per heavy atom. The molecule has 4 amide bonds. The molecule has 0 spiro atoms. The first-order chi connectivity index (χ1) is 26.5. The average Bonchev–Trinajstić information content (AvgIpc) is 4.00. The highest BCUT2D eigenvalue weighted by Gasteiger charge is 2.64. The Balaban J connectivity index is 1.40. The van der Waals surface area contributed by atoms with Crippen LogP contribution in [0, 0.1) is 17.8 Å². The molecule has 2 saturated carbocycles. The van der Waals surface area contributed by atoms with Gasteiger partial charge in [-0.05, 0) is 83.3 Å². The van der Waals surface area contributed by atoms with Crippen molar-refractivity contribution >= 4 is 44.9 Å². The number of fused-ring (bicyclic) bond motifs is 3. The number of alkyl halides is 3. The molecule has 3 fully saturated rings. The zero-order valence-corrected chi connectivity index (χ0v) is 33.4. The smallest absolute Gasteiger partial charge is 0.411 e. The van der Waals surface area contributed by atoms with Crippen molar-refractivity contribution in [2.75, 3.05) is 13.7 Å². The summed E-state index contributed by atoms with van der Waals surface area (Å²) in [5.74, 6) is -4.10. The number of nitrogens with one attached hydrogen (secondary N) is 2. The minimum Gasteiger partial charge on any atom is -0.488 e. The van der Waals surface area contributed by atoms with Crippen molar-refractivity contribution in [2.24, 2.45) is 17.8 Å². The summed E-state index contributed by atoms with van der Waals surface area (Å²) in [6, 6.07) is 1.43. The third kappa shape index (κ3) is 8.08. The van der Waals surface area contributed by atoms with Crippen molar-refractivity contribution in [3.05, 3.63) is 36.5 Å². The topological polar surface area (TPSA) is 197 Å². The Hall–Kier alpha value is -4.68. The molecule has 6 rings (SSSR count). The number of carbonyl (C=O) groups excluding carboxylic acids is 3. The molecule has 4 aliphatic rings. The van der Waals surface area contributed by atoms with Gasteiger partial charge in [0.05, 0.1) is 35.6 Å². The van der Waals surface area contributed by atoms with E-state index >= 15 is 0 Å². The van der Waals surface area contributed by atoms with Crippen LogP contribution in [0.5, 0.6) is 11.6 Å². The van der Waals surface area contributed by atoms with E-state index in [2.05, 4.69) is 20.0 Å². The molecule has 19 heteroatoms. The highest BCUT2D eigenvalue weighted by molar-refractivity contribution is 7.91. The lowest BCUT2D eigenvalue weighted by atomic mass is 9.85. The summed E-state index contributed by atoms with van der Waals surface area (Å²) in [6.45, 7) is 5.92. The maximum absolute atomic E-state index is 14.9. The number of hydrogen-bond acceptors (Lipinski definition) is 10. The van der Waals surface area contributed by atoms with Crippen molar-refractivity contribution in [3.63, 3.8) is 0 Å². The third-order valence-corrected chi connectivity index (χ3v) is 14.1. The number of nitrogens with zero attached hydrogens (tertiary/aromatic N) is 4. The Labute approximate surface area is 328 Å². The summed E-state index contributed by atoms with van der Waals surface area (Å²) in [5, 5.41) is 13.1. The number of aromatic nitrogens is 2. The number of rotatable bonds is 8. The summed E-state index contributed by atoms with van der Waals surface area (Å²) >= 11 is 0. The van der Waals surface area contributed by atoms with E-state index in [0.29, 0.717) is 50.6 Å². The fraction of sp³-hybridized carbons (Fsp3) is 0.632. The first-order valence-corrected chi connectivity index (χ1v) is 20.4. The van der Waals surface area contributed by atoms with Crippen molar-refractivity contribution in [1.82, 2.24) is 29.8 Å². The highest BCUT2D eigenvalue weighted by Crippen LogP contribution is 2.48. The second-order valence-electron chi connectivity index (χ2n) is 16.7. The fourth-order valence-corrected chi connectivity index (χ4v) is 9.23. The summed E-state index contributed by atoms with van der Waals surface area (Å²) in [7, 11) is -2.69. The molecular formula is C38H49F3N6O9S. The van der Waals surface area contributed by atoms with Gasteiger partial charge in [0.1, 0.15) is 35.0 Å². The summed E-state index contributed by atoms with van der Waals surface area (Å²) in [4.78, 5) is 66.0. The Morgan fingerprint density at radius 1 is 1.12 bits per heavy atom. The van der Waals surface area contributed by atoms with Crippen LogP contribution in [-0.2, 0) is 24.4 Å². The second kappa shape index (κ2) is 14.9. The highest BCUT2D eigenvalue weighted by atomic mass is 32.2. The number of ether oxygens (including phenoxy) is 2. The van der Waals surface area contributed by atoms with Gasteiger partial charge in [-0.3, -0.25) is 24.0 Å². The number of amides is 4. The van der Waals surface area contributed by atoms with E-state index in [1.165, 1.54) is 27.2 Å². The summed E-state index contributed by atoms with van der Waals surface area (Å²) in [6.07, 6.45) is -1.35. The zero-order chi connectivity index (χ0) is 41.9. The summed E-state index contributed by atoms with van der Waals surface area (Å²) < 4.78 is 82.8. The van der Waals surface area contributed by atoms with Crippen LogP contribution >= 0.6 is 0 Å². The van der Waals surface area contributed by atoms with Crippen molar-refractivity contribution in [1.29, 1.82) is 0 Å². The van der Waals surface area contributed by atoms with E-state index in [9.17, 15) is 45.9 Å². The van der Waals surface area contributed by atoms with Gasteiger partial charge in [-0.25, -0.2) is 23.2 Å². The molecular weight excluding hydrogens is 774 g/mol. The number of carbonyl (C=O) groups is 4. The minimum atomic E-state index is -5.09. The number of methoxy groups -OCH3 is 1. The van der Waals surface area contributed by atoms with E-state index in [1.54, 1.807) is 30.4 Å². The molecule has 2 aromatic rings. The molecule has 15 nitrogen and oxygen atoms in total. The van der Waals surface area contributed by atoms with Gasteiger partial charge in [-0.1, -0.05) is 26.0 Å². The largest absolute Gasteiger partial charge is 0.488 e. The SMILES string of the molecule is COc1cnc2ccc(O[C@@H]3C[C@H]4C(=O)N[C@]5(C(=O)NS(=O)(=O)C6(C)CC6)C[C@H]5C=CCC[C@@H](C)C[C@@H](C)[C@H](N(C(=O)O)C(C)(C)C(F)(F)F)C(=O)N4C3)cc2n1. The standard InChI is InChI=1S/C38H49F3N6O9S/c1-21-9-7-8-10-23-18-37(23,33(50)45-57(53,54)36(5)13-14-36)44-31(48)28-17-25(56-24-11-12-26-27(16-24)43-29(55-6)19-42-26)20-46(28)32(49)30(22(2)15-21)47(34(51)52)35(3,4)38(39,40)41/h8,10-12,16,19,21-23,25,28,30H,7,9,13-15,17-18,20H2,1-6H3,(H,44,48)(H,45,50)(H,51,52)/t21-,22-,23-,25-,28+,30+,37-/m1/s1. The predicted molar refractivity (Wildman–Crippen MR) is 199 cm³/mol. The van der Waals surface area contributed by atoms with Crippen LogP contribution in [0.25, 0.3) is 11.0 Å². The van der Waals surface area contributed by atoms with E-state index in [4.69, 9.17) is 9.47 Å². The number of allylic oxidation sites excluding steroid dienone is 1. The fourth-order valence-electron chi connectivity index (χ4n) is 7.92. The molecule has 7 atom stereocenters. The van der Waals surface area contributed by atoms with Crippen LogP contribution in [0.4, 0.5) is 18.0 Å². The maximum atomic E-state index is 14.9. The number of carboxylic acid groups (broad SMARTS) is 1. The van der Waals surface area contributed by atoms with Crippen LogP contribution in [0.1, 0.15) is 79.6 Å². The monoisotopic (exact) mass is 822 g/mol. The second-order valence-corrected chi connectivity index (χ2v) is 18.9. The minimum absolute atomic E-state index is 0.0528. The van der Waals surface area contributed by atoms with Crippen molar-refractivity contribution in [2.45, 2.75) is 120 Å². The van der Waals surface area contributed by atoms with E-state index in [1.807, 2.05) is 6.92 Å². The molecule has 3 N–H and O–H groups in total. The van der Waals surface area contributed by atoms with Gasteiger partial charge >= 0.3 is 12.3 Å². The number of hydrogen-bond donors (Lipinski definition) is 3. The molecule has 2 aliphatic carbocycles. The molecule has 1 saturated heterocycles. The Bertz CT molecular complexity index is 2080. The van der Waals surface area contributed by atoms with Gasteiger partial charge in [-0.15, -0.1) is 0 Å². The van der Waals surface area contributed by atoms with Gasteiger partial charge in [-0.2, -0.15) is 13.2 Å². The van der Waals surface area contributed by atoms with Crippen LogP contribution < -0.4 is 19.5 Å². The van der Waals surface area contributed by atoms with Crippen LogP contribution in [-0.4, -0.2) is 111 Å². The molecule has 1 aromatic heterocycles. The van der Waals surface area contributed by atoms with E-state index < -0.39 is 85.9 Å². The lowest BCUT2D eigenvalue weighted by Gasteiger charge is -2.45. The lowest BCUT2D eigenvalue weighted by Crippen LogP contribution is -2.66. The summed E-state index contributed by atoms with van der Waals surface area (Å²) in [5.41, 5.74) is -3.83. The quantitative estimate of drug-likeness (QED) is 0.316. The third-order valence-electron chi connectivity index (χ3n) is 12.0. The van der Waals surface area contributed by atoms with Crippen LogP contribution in [0.3, 0.4) is 0 Å². The van der Waals surface area contributed by atoms with Gasteiger partial charge < -0.3 is 24.8 Å². The molecule has 0 radical (unpaired) electrons. The van der Waals surface area contributed by atoms with Crippen molar-refractivity contribution < 1.29 is 55.3 Å². The molecule has 0 unspecified atom stereocenters. The first kappa shape index (κ1) is 41.9. The molecule has 3 heterocycles. The Kier molecular flexibility index (Phi) is 11.0. The van der Waals surface area contributed by atoms with Gasteiger partial charge in [0, 0.05) is 18.4 Å². The van der Waals surface area contributed by atoms with E-state index in [0.717, 1.165) is 4.90 Å². The van der Waals surface area contributed by atoms with Crippen LogP contribution in [0.2, 0.25) is 0 Å². The van der Waals surface area contributed by atoms with Gasteiger partial charge in [0.2, 0.25) is 27.7 Å². The zero-order valence-electron chi connectivity index (χ0n) is 32.6. The molecule has 2 aliphatic heterocycles. The number of sulfonamides is 1. The van der Waals surface area contributed by atoms with Crippen molar-refractivity contribution in [3.8, 4) is 11.6 Å². The molecule has 0 bridgehead atoms. The maximum Gasteiger partial charge on any atom is 0.411 e. The number of halogens is 3. The average molecular weight is 823 g/mol. The van der Waals surface area contributed by atoms with Crippen LogP contribution in [0.15, 0.2) is 36.5 Å².